The zero-order valence-electron chi connectivity index (χ0n) is 24.5. The van der Waals surface area contributed by atoms with Crippen molar-refractivity contribution >= 4 is 23.6 Å². The lowest BCUT2D eigenvalue weighted by Gasteiger charge is -2.40. The number of carbonyl (C=O) groups excluding carboxylic acids is 2. The van der Waals surface area contributed by atoms with Gasteiger partial charge in [-0.05, 0) is 60.9 Å². The maximum atomic E-state index is 13.2. The third-order valence-corrected chi connectivity index (χ3v) is 8.59. The van der Waals surface area contributed by atoms with Crippen LogP contribution in [0.15, 0.2) is 84.0 Å². The lowest BCUT2D eigenvalue weighted by Crippen LogP contribution is -2.55. The summed E-state index contributed by atoms with van der Waals surface area (Å²) in [6.07, 6.45) is 2.00. The Balaban J connectivity index is 1.14. The summed E-state index contributed by atoms with van der Waals surface area (Å²) in [6.45, 7) is 3.49. The van der Waals surface area contributed by atoms with Crippen LogP contribution in [0.3, 0.4) is 0 Å². The van der Waals surface area contributed by atoms with Crippen molar-refractivity contribution in [3.63, 3.8) is 0 Å². The van der Waals surface area contributed by atoms with E-state index >= 15 is 0 Å². The van der Waals surface area contributed by atoms with E-state index in [0.29, 0.717) is 38.9 Å². The minimum Gasteiger partial charge on any atom is -0.497 e. The first-order valence-corrected chi connectivity index (χ1v) is 15.5. The molecule has 1 aliphatic rings. The van der Waals surface area contributed by atoms with Gasteiger partial charge in [-0.25, -0.2) is 4.39 Å². The van der Waals surface area contributed by atoms with E-state index in [2.05, 4.69) is 26.9 Å². The summed E-state index contributed by atoms with van der Waals surface area (Å²) in [5.41, 5.74) is 2.89. The fourth-order valence-electron chi connectivity index (χ4n) is 5.26. The van der Waals surface area contributed by atoms with Gasteiger partial charge in [0, 0.05) is 50.0 Å². The maximum Gasteiger partial charge on any atom is 0.227 e. The number of piperazine rings is 1. The summed E-state index contributed by atoms with van der Waals surface area (Å²) < 4.78 is 20.6. The van der Waals surface area contributed by atoms with Crippen LogP contribution < -0.4 is 4.74 Å². The van der Waals surface area contributed by atoms with Crippen LogP contribution in [0.4, 0.5) is 4.39 Å². The Labute approximate surface area is 255 Å². The molecule has 1 unspecified atom stereocenters. The number of carbonyl (C=O) groups is 2. The molecule has 4 aromatic rings. The Kier molecular flexibility index (Phi) is 10.1. The second kappa shape index (κ2) is 14.3. The first-order valence-electron chi connectivity index (χ1n) is 14.5. The van der Waals surface area contributed by atoms with Crippen LogP contribution in [-0.4, -0.2) is 74.9 Å². The van der Waals surface area contributed by atoms with Crippen LogP contribution in [0.2, 0.25) is 0 Å². The van der Waals surface area contributed by atoms with Gasteiger partial charge < -0.3 is 14.5 Å². The van der Waals surface area contributed by atoms with Gasteiger partial charge in [-0.3, -0.25) is 14.2 Å². The van der Waals surface area contributed by atoms with Gasteiger partial charge in [0.05, 0.1) is 13.5 Å². The first kappa shape index (κ1) is 30.3. The predicted molar refractivity (Wildman–Crippen MR) is 165 cm³/mol. The lowest BCUT2D eigenvalue weighted by molar-refractivity contribution is -0.142. The van der Waals surface area contributed by atoms with Crippen molar-refractivity contribution in [2.24, 2.45) is 0 Å². The minimum atomic E-state index is -0.318. The molecule has 1 fully saturated rings. The zero-order valence-corrected chi connectivity index (χ0v) is 25.3. The second-order valence-corrected chi connectivity index (χ2v) is 11.7. The molecule has 0 spiro atoms. The van der Waals surface area contributed by atoms with Gasteiger partial charge in [0.25, 0.3) is 0 Å². The molecule has 1 aromatic heterocycles. The summed E-state index contributed by atoms with van der Waals surface area (Å²) >= 11 is 1.59. The predicted octanol–water partition coefficient (Wildman–Crippen LogP) is 5.18. The monoisotopic (exact) mass is 601 g/mol. The molecule has 2 amide bonds. The van der Waals surface area contributed by atoms with Crippen LogP contribution in [0, 0.1) is 5.82 Å². The van der Waals surface area contributed by atoms with Crippen LogP contribution >= 0.6 is 11.8 Å². The highest BCUT2D eigenvalue weighted by atomic mass is 32.2. The zero-order chi connectivity index (χ0) is 30.2. The molecule has 10 heteroatoms. The number of hydrogen-bond donors (Lipinski definition) is 0. The van der Waals surface area contributed by atoms with Gasteiger partial charge >= 0.3 is 0 Å². The molecule has 3 aromatic carbocycles. The summed E-state index contributed by atoms with van der Waals surface area (Å²) in [4.78, 5) is 29.6. The Hall–Kier alpha value is -4.18. The lowest BCUT2D eigenvalue weighted by atomic mass is 10.1. The Bertz CT molecular complexity index is 1510. The van der Waals surface area contributed by atoms with Crippen molar-refractivity contribution in [1.29, 1.82) is 0 Å². The summed E-state index contributed by atoms with van der Waals surface area (Å²) in [7, 11) is 1.65. The molecule has 5 rings (SSSR count). The first-order chi connectivity index (χ1) is 20.9. The molecule has 224 valence electrons. The molecular weight excluding hydrogens is 565 g/mol. The van der Waals surface area contributed by atoms with E-state index in [1.54, 1.807) is 31.0 Å². The van der Waals surface area contributed by atoms with E-state index in [9.17, 15) is 14.0 Å². The number of methoxy groups -OCH3 is 1. The Morgan fingerprint density at radius 3 is 2.37 bits per heavy atom. The van der Waals surface area contributed by atoms with E-state index in [1.807, 2.05) is 59.2 Å². The molecule has 0 N–H and O–H groups in total. The molecule has 1 aliphatic heterocycles. The van der Waals surface area contributed by atoms with Gasteiger partial charge in [-0.1, -0.05) is 54.2 Å². The van der Waals surface area contributed by atoms with E-state index < -0.39 is 0 Å². The molecule has 0 bridgehead atoms. The summed E-state index contributed by atoms with van der Waals surface area (Å²) in [5, 5.41) is 9.80. The van der Waals surface area contributed by atoms with Crippen molar-refractivity contribution in [3.05, 3.63) is 102 Å². The fourth-order valence-corrected chi connectivity index (χ4v) is 6.17. The quantitative estimate of drug-likeness (QED) is 0.174. The average molecular weight is 602 g/mol. The van der Waals surface area contributed by atoms with Crippen molar-refractivity contribution < 1.29 is 18.7 Å². The smallest absolute Gasteiger partial charge is 0.227 e. The molecule has 0 aliphatic carbocycles. The molecule has 0 saturated carbocycles. The van der Waals surface area contributed by atoms with Crippen LogP contribution in [0.5, 0.6) is 5.75 Å². The molecular formula is C33H36FN5O3S. The average Bonchev–Trinajstić information content (AvgIpc) is 3.42. The number of thioether (sulfide) groups is 1. The van der Waals surface area contributed by atoms with Crippen LogP contribution in [-0.2, 0) is 22.4 Å². The standard InChI is InChI=1S/C33H36FN5O3S/c1-24-23-37(18-19-38(24)32(41)22-26-10-12-27(34)13-11-26)31(40)9-6-20-43-33-36-35-30(21-25-7-4-3-5-8-25)39(33)28-14-16-29(42-2)17-15-28/h3-5,7-8,10-17,24H,6,9,18-23H2,1-2H3. The van der Waals surface area contributed by atoms with Gasteiger partial charge in [0.15, 0.2) is 5.16 Å². The SMILES string of the molecule is COc1ccc(-n2c(Cc3ccccc3)nnc2SCCCC(=O)N2CCN(C(=O)Cc3ccc(F)cc3)C(C)C2)cc1. The fraction of sp³-hybridized carbons (Fsp3) is 0.333. The molecule has 43 heavy (non-hydrogen) atoms. The second-order valence-electron chi connectivity index (χ2n) is 10.6. The van der Waals surface area contributed by atoms with Crippen LogP contribution in [0.1, 0.15) is 36.7 Å². The highest BCUT2D eigenvalue weighted by Gasteiger charge is 2.29. The minimum absolute atomic E-state index is 0.00443. The van der Waals surface area contributed by atoms with Crippen molar-refractivity contribution in [3.8, 4) is 11.4 Å². The van der Waals surface area contributed by atoms with Crippen molar-refractivity contribution in [2.45, 2.75) is 43.8 Å². The molecule has 8 nitrogen and oxygen atoms in total. The Morgan fingerprint density at radius 2 is 1.67 bits per heavy atom. The number of hydrogen-bond acceptors (Lipinski definition) is 6. The molecule has 2 heterocycles. The number of ether oxygens (including phenoxy) is 1. The molecule has 0 radical (unpaired) electrons. The van der Waals surface area contributed by atoms with E-state index in [1.165, 1.54) is 12.1 Å². The largest absolute Gasteiger partial charge is 0.497 e. The number of nitrogens with zero attached hydrogens (tertiary/aromatic N) is 5. The van der Waals surface area contributed by atoms with E-state index in [4.69, 9.17) is 4.74 Å². The van der Waals surface area contributed by atoms with E-state index in [0.717, 1.165) is 39.3 Å². The normalized spacial score (nSPS) is 15.0. The van der Waals surface area contributed by atoms with Crippen molar-refractivity contribution in [2.75, 3.05) is 32.5 Å². The van der Waals surface area contributed by atoms with Gasteiger partial charge in [0.1, 0.15) is 17.4 Å². The number of aromatic nitrogens is 3. The summed E-state index contributed by atoms with van der Waals surface area (Å²) in [5.74, 6) is 2.12. The molecule has 1 saturated heterocycles. The van der Waals surface area contributed by atoms with Gasteiger partial charge in [0.2, 0.25) is 11.8 Å². The van der Waals surface area contributed by atoms with Gasteiger partial charge in [-0.2, -0.15) is 0 Å². The Morgan fingerprint density at radius 1 is 0.930 bits per heavy atom. The summed E-state index contributed by atoms with van der Waals surface area (Å²) in [6, 6.07) is 24.0. The number of halogens is 1. The van der Waals surface area contributed by atoms with Crippen molar-refractivity contribution in [1.82, 2.24) is 24.6 Å². The third kappa shape index (κ3) is 7.81. The number of rotatable bonds is 11. The van der Waals surface area contributed by atoms with E-state index in [-0.39, 0.29) is 30.1 Å². The highest BCUT2D eigenvalue weighted by Crippen LogP contribution is 2.26. The van der Waals surface area contributed by atoms with Crippen LogP contribution in [0.25, 0.3) is 5.69 Å². The molecule has 1 atom stereocenters. The number of benzene rings is 3. The number of amides is 2. The van der Waals surface area contributed by atoms with Gasteiger partial charge in [-0.15, -0.1) is 10.2 Å². The highest BCUT2D eigenvalue weighted by molar-refractivity contribution is 7.99. The maximum absolute atomic E-state index is 13.2. The topological polar surface area (TPSA) is 80.6 Å². The third-order valence-electron chi connectivity index (χ3n) is 7.57.